The summed E-state index contributed by atoms with van der Waals surface area (Å²) in [5.74, 6) is 0.203. The summed E-state index contributed by atoms with van der Waals surface area (Å²) in [6.45, 7) is -0.0607. The van der Waals surface area contributed by atoms with Crippen molar-refractivity contribution in [3.63, 3.8) is 0 Å². The maximum atomic E-state index is 11.9. The molecular weight excluding hydrogens is 408 g/mol. The summed E-state index contributed by atoms with van der Waals surface area (Å²) in [5, 5.41) is 8.32. The van der Waals surface area contributed by atoms with Gasteiger partial charge in [-0.15, -0.1) is 10.2 Å². The highest BCUT2D eigenvalue weighted by Gasteiger charge is 2.13. The number of aromatic nitrogens is 2. The zero-order valence-corrected chi connectivity index (χ0v) is 15.5. The predicted molar refractivity (Wildman–Crippen MR) is 97.0 cm³/mol. The monoisotopic (exact) mass is 420 g/mol. The molecule has 128 valence electrons. The van der Waals surface area contributed by atoms with Crippen molar-refractivity contribution in [2.45, 2.75) is 19.4 Å². The third-order valence-electron chi connectivity index (χ3n) is 3.43. The van der Waals surface area contributed by atoms with Crippen LogP contribution >= 0.6 is 27.5 Å². The van der Waals surface area contributed by atoms with Gasteiger partial charge in [-0.05, 0) is 36.2 Å². The molecule has 0 atom stereocenters. The lowest BCUT2D eigenvalue weighted by Gasteiger charge is -2.03. The van der Waals surface area contributed by atoms with Gasteiger partial charge in [0.05, 0.1) is 10.6 Å². The van der Waals surface area contributed by atoms with Crippen LogP contribution in [0.3, 0.4) is 0 Å². The van der Waals surface area contributed by atoms with Crippen LogP contribution in [0.5, 0.6) is 0 Å². The normalized spacial score (nSPS) is 10.6. The molecule has 5 nitrogen and oxygen atoms in total. The Bertz CT molecular complexity index is 882. The fourth-order valence-corrected chi connectivity index (χ4v) is 2.87. The van der Waals surface area contributed by atoms with Crippen LogP contribution in [0.4, 0.5) is 0 Å². The van der Waals surface area contributed by atoms with E-state index in [0.29, 0.717) is 22.9 Å². The van der Waals surface area contributed by atoms with E-state index >= 15 is 0 Å². The molecule has 1 heterocycles. The molecule has 3 rings (SSSR count). The molecule has 1 aromatic heterocycles. The van der Waals surface area contributed by atoms with Crippen LogP contribution in [0.15, 0.2) is 57.4 Å². The summed E-state index contributed by atoms with van der Waals surface area (Å²) < 4.78 is 11.7. The lowest BCUT2D eigenvalue weighted by Crippen LogP contribution is -2.06. The number of hydrogen-bond acceptors (Lipinski definition) is 5. The van der Waals surface area contributed by atoms with Crippen molar-refractivity contribution in [3.05, 3.63) is 69.5 Å². The number of hydrogen-bond donors (Lipinski definition) is 0. The van der Waals surface area contributed by atoms with E-state index in [2.05, 4.69) is 26.1 Å². The SMILES string of the molecule is O=C(CCc1cccc(Br)c1)OCc1nnc(-c2ccccc2Cl)o1. The second-order valence-electron chi connectivity index (χ2n) is 5.27. The molecule has 0 saturated heterocycles. The van der Waals surface area contributed by atoms with E-state index in [1.807, 2.05) is 36.4 Å². The van der Waals surface area contributed by atoms with Gasteiger partial charge in [0.1, 0.15) is 0 Å². The van der Waals surface area contributed by atoms with Gasteiger partial charge in [-0.1, -0.05) is 51.8 Å². The second kappa shape index (κ2) is 8.27. The third-order valence-corrected chi connectivity index (χ3v) is 4.26. The number of carbonyl (C=O) groups excluding carboxylic acids is 1. The molecule has 0 amide bonds. The molecule has 3 aromatic rings. The lowest BCUT2D eigenvalue weighted by atomic mass is 10.1. The minimum absolute atomic E-state index is 0.0607. The topological polar surface area (TPSA) is 65.2 Å². The summed E-state index contributed by atoms with van der Waals surface area (Å²) in [4.78, 5) is 11.9. The fraction of sp³-hybridized carbons (Fsp3) is 0.167. The Balaban J connectivity index is 1.52. The highest BCUT2D eigenvalue weighted by atomic mass is 79.9. The van der Waals surface area contributed by atoms with Crippen LogP contribution in [0, 0.1) is 0 Å². The first-order valence-corrected chi connectivity index (χ1v) is 8.76. The molecule has 0 fully saturated rings. The highest BCUT2D eigenvalue weighted by molar-refractivity contribution is 9.10. The van der Waals surface area contributed by atoms with Gasteiger partial charge >= 0.3 is 5.97 Å². The van der Waals surface area contributed by atoms with E-state index in [1.54, 1.807) is 12.1 Å². The largest absolute Gasteiger partial charge is 0.456 e. The Kier molecular flexibility index (Phi) is 5.83. The summed E-state index contributed by atoms with van der Waals surface area (Å²) >= 11 is 9.49. The number of nitrogens with zero attached hydrogens (tertiary/aromatic N) is 2. The maximum Gasteiger partial charge on any atom is 0.306 e. The molecule has 0 N–H and O–H groups in total. The molecular formula is C18H14BrClN2O3. The van der Waals surface area contributed by atoms with Crippen molar-refractivity contribution in [1.29, 1.82) is 0 Å². The average molecular weight is 422 g/mol. The molecule has 0 bridgehead atoms. The Morgan fingerprint density at radius 2 is 2.00 bits per heavy atom. The molecule has 0 aliphatic heterocycles. The van der Waals surface area contributed by atoms with Gasteiger partial charge in [0, 0.05) is 10.9 Å². The second-order valence-corrected chi connectivity index (χ2v) is 6.59. The first kappa shape index (κ1) is 17.6. The number of rotatable bonds is 6. The van der Waals surface area contributed by atoms with Crippen molar-refractivity contribution in [2.24, 2.45) is 0 Å². The van der Waals surface area contributed by atoms with Gasteiger partial charge in [-0.25, -0.2) is 0 Å². The van der Waals surface area contributed by atoms with Crippen molar-refractivity contribution in [1.82, 2.24) is 10.2 Å². The van der Waals surface area contributed by atoms with E-state index in [0.717, 1.165) is 10.0 Å². The van der Waals surface area contributed by atoms with Crippen molar-refractivity contribution < 1.29 is 13.9 Å². The van der Waals surface area contributed by atoms with Crippen molar-refractivity contribution >= 4 is 33.5 Å². The third kappa shape index (κ3) is 4.90. The summed E-state index contributed by atoms with van der Waals surface area (Å²) in [6, 6.07) is 15.0. The first-order chi connectivity index (χ1) is 12.1. The molecule has 0 aliphatic carbocycles. The van der Waals surface area contributed by atoms with E-state index < -0.39 is 0 Å². The van der Waals surface area contributed by atoms with Gasteiger partial charge in [0.25, 0.3) is 5.89 Å². The van der Waals surface area contributed by atoms with Crippen LogP contribution in [0.1, 0.15) is 17.9 Å². The minimum atomic E-state index is -0.322. The summed E-state index contributed by atoms with van der Waals surface area (Å²) in [7, 11) is 0. The Hall–Kier alpha value is -2.18. The molecule has 0 spiro atoms. The lowest BCUT2D eigenvalue weighted by molar-refractivity contribution is -0.145. The van der Waals surface area contributed by atoms with Gasteiger partial charge < -0.3 is 9.15 Å². The van der Waals surface area contributed by atoms with Crippen LogP contribution in [0.2, 0.25) is 5.02 Å². The molecule has 0 aliphatic rings. The van der Waals surface area contributed by atoms with Gasteiger partial charge in [-0.3, -0.25) is 4.79 Å². The van der Waals surface area contributed by atoms with Crippen LogP contribution in [-0.2, 0) is 22.6 Å². The maximum absolute atomic E-state index is 11.9. The molecule has 0 saturated carbocycles. The molecule has 0 unspecified atom stereocenters. The summed E-state index contributed by atoms with van der Waals surface area (Å²) in [5.41, 5.74) is 1.70. The average Bonchev–Trinajstić information content (AvgIpc) is 3.07. The number of esters is 1. The van der Waals surface area contributed by atoms with E-state index in [1.165, 1.54) is 0 Å². The quantitative estimate of drug-likeness (QED) is 0.533. The number of ether oxygens (including phenoxy) is 1. The smallest absolute Gasteiger partial charge is 0.306 e. The standard InChI is InChI=1S/C18H14BrClN2O3/c19-13-5-3-4-12(10-13)8-9-17(23)24-11-16-21-22-18(25-16)14-6-1-2-7-15(14)20/h1-7,10H,8-9,11H2. The van der Waals surface area contributed by atoms with Gasteiger partial charge in [0.2, 0.25) is 5.89 Å². The molecule has 7 heteroatoms. The van der Waals surface area contributed by atoms with Crippen molar-refractivity contribution in [2.75, 3.05) is 0 Å². The zero-order valence-electron chi connectivity index (χ0n) is 13.1. The fourth-order valence-electron chi connectivity index (χ4n) is 2.21. The number of carbonyl (C=O) groups is 1. The summed E-state index contributed by atoms with van der Waals surface area (Å²) in [6.07, 6.45) is 0.884. The minimum Gasteiger partial charge on any atom is -0.456 e. The Morgan fingerprint density at radius 3 is 2.80 bits per heavy atom. The Morgan fingerprint density at radius 1 is 1.16 bits per heavy atom. The molecule has 0 radical (unpaired) electrons. The van der Waals surface area contributed by atoms with Crippen LogP contribution in [0.25, 0.3) is 11.5 Å². The van der Waals surface area contributed by atoms with E-state index in [4.69, 9.17) is 20.8 Å². The van der Waals surface area contributed by atoms with Crippen LogP contribution in [-0.4, -0.2) is 16.2 Å². The van der Waals surface area contributed by atoms with Crippen LogP contribution < -0.4 is 0 Å². The predicted octanol–water partition coefficient (Wildman–Crippen LogP) is 4.83. The van der Waals surface area contributed by atoms with Crippen molar-refractivity contribution in [3.8, 4) is 11.5 Å². The Labute approximate surface area is 158 Å². The number of halogens is 2. The zero-order chi connectivity index (χ0) is 17.6. The van der Waals surface area contributed by atoms with E-state index in [9.17, 15) is 4.79 Å². The van der Waals surface area contributed by atoms with E-state index in [-0.39, 0.29) is 24.9 Å². The highest BCUT2D eigenvalue weighted by Crippen LogP contribution is 2.26. The number of aryl methyl sites for hydroxylation is 1. The molecule has 2 aromatic carbocycles. The van der Waals surface area contributed by atoms with Gasteiger partial charge in [0.15, 0.2) is 6.61 Å². The number of benzene rings is 2. The molecule has 25 heavy (non-hydrogen) atoms. The van der Waals surface area contributed by atoms with Gasteiger partial charge in [-0.2, -0.15) is 0 Å². The first-order valence-electron chi connectivity index (χ1n) is 7.59.